The van der Waals surface area contributed by atoms with E-state index in [0.717, 1.165) is 0 Å². The van der Waals surface area contributed by atoms with Crippen LogP contribution in [-0.2, 0) is 48.2 Å². The number of aromatic hydroxyl groups is 4. The molecule has 0 fully saturated rings. The molecule has 324 valence electrons. The first-order valence-electron chi connectivity index (χ1n) is 20.0. The Labute approximate surface area is 358 Å². The summed E-state index contributed by atoms with van der Waals surface area (Å²) in [6.45, 7) is 11.8. The molecule has 0 radical (unpaired) electrons. The van der Waals surface area contributed by atoms with Crippen LogP contribution in [-0.4, -0.2) is 87.3 Å². The third kappa shape index (κ3) is 9.75. The summed E-state index contributed by atoms with van der Waals surface area (Å²) in [5.41, 5.74) is 3.77. The standard InChI is InChI=1S/C46H50N6O10/c1-45(2,3)61-35-17-31-13-27-9-25(21-51-23-47-41(49-51)43(57)59-7)11-29(37(27)53)15-33-19-36(62-46(4,5)6)20-34(40(33)56)16-30-12-26(22-52-24-48-42(50-52)44(58)60-8)10-28(38(30)54)14-32(18-35)39(31)55/h9-12,17-20,23-24,53-56H,13-16,21-22H2,1-8H3. The maximum atomic E-state index is 12.2. The molecule has 1 aliphatic rings. The minimum absolute atomic E-state index is 0.0446. The third-order valence-corrected chi connectivity index (χ3v) is 10.0. The molecule has 0 atom stereocenters. The Bertz CT molecular complexity index is 2410. The van der Waals surface area contributed by atoms with Crippen LogP contribution in [0.5, 0.6) is 34.5 Å². The highest BCUT2D eigenvalue weighted by molar-refractivity contribution is 5.85. The molecule has 1 aliphatic carbocycles. The zero-order valence-electron chi connectivity index (χ0n) is 35.9. The van der Waals surface area contributed by atoms with Gasteiger partial charge in [0.15, 0.2) is 0 Å². The summed E-state index contributed by atoms with van der Waals surface area (Å²) in [5, 5.41) is 56.8. The van der Waals surface area contributed by atoms with Gasteiger partial charge in [-0.25, -0.2) is 28.9 Å². The number of benzene rings is 4. The van der Waals surface area contributed by atoms with Crippen molar-refractivity contribution >= 4 is 11.9 Å². The Morgan fingerprint density at radius 3 is 1.05 bits per heavy atom. The third-order valence-electron chi connectivity index (χ3n) is 10.0. The Morgan fingerprint density at radius 1 is 0.516 bits per heavy atom. The Balaban J connectivity index is 1.43. The van der Waals surface area contributed by atoms with E-state index in [2.05, 4.69) is 20.2 Å². The molecule has 0 amide bonds. The Kier molecular flexibility index (Phi) is 11.6. The lowest BCUT2D eigenvalue weighted by Gasteiger charge is -2.24. The normalized spacial score (nSPS) is 12.8. The van der Waals surface area contributed by atoms with Crippen molar-refractivity contribution in [1.29, 1.82) is 0 Å². The number of aromatic nitrogens is 6. The number of methoxy groups -OCH3 is 2. The fourth-order valence-electron chi connectivity index (χ4n) is 7.51. The van der Waals surface area contributed by atoms with Gasteiger partial charge in [0.2, 0.25) is 0 Å². The van der Waals surface area contributed by atoms with Gasteiger partial charge in [0, 0.05) is 47.9 Å². The lowest BCUT2D eigenvalue weighted by atomic mass is 9.89. The van der Waals surface area contributed by atoms with Crippen LogP contribution in [0.1, 0.15) is 118 Å². The quantitative estimate of drug-likeness (QED) is 0.122. The van der Waals surface area contributed by atoms with Crippen molar-refractivity contribution in [2.24, 2.45) is 0 Å². The molecule has 6 aromatic rings. The average Bonchev–Trinajstić information content (AvgIpc) is 3.86. The largest absolute Gasteiger partial charge is 0.507 e. The molecular weight excluding hydrogens is 797 g/mol. The smallest absolute Gasteiger partial charge is 0.377 e. The maximum Gasteiger partial charge on any atom is 0.377 e. The van der Waals surface area contributed by atoms with Gasteiger partial charge < -0.3 is 39.4 Å². The first-order valence-corrected chi connectivity index (χ1v) is 20.0. The van der Waals surface area contributed by atoms with Gasteiger partial charge in [-0.15, -0.1) is 10.2 Å². The van der Waals surface area contributed by atoms with Gasteiger partial charge in [0.1, 0.15) is 58.4 Å². The first-order chi connectivity index (χ1) is 29.2. The van der Waals surface area contributed by atoms with Crippen LogP contribution in [0.2, 0.25) is 0 Å². The van der Waals surface area contributed by atoms with Crippen LogP contribution < -0.4 is 9.47 Å². The number of fused-ring (bicyclic) bond motifs is 8. The van der Waals surface area contributed by atoms with E-state index >= 15 is 0 Å². The highest BCUT2D eigenvalue weighted by Crippen LogP contribution is 2.41. The molecule has 2 heterocycles. The zero-order valence-corrected chi connectivity index (χ0v) is 35.9. The number of carbonyl (C=O) groups excluding carboxylic acids is 2. The molecule has 0 saturated heterocycles. The van der Waals surface area contributed by atoms with E-state index in [1.807, 2.05) is 41.5 Å². The molecule has 7 rings (SSSR count). The van der Waals surface area contributed by atoms with E-state index in [9.17, 15) is 30.0 Å². The lowest BCUT2D eigenvalue weighted by molar-refractivity contribution is 0.0578. The molecule has 8 bridgehead atoms. The summed E-state index contributed by atoms with van der Waals surface area (Å²) in [7, 11) is 2.49. The van der Waals surface area contributed by atoms with Crippen molar-refractivity contribution in [1.82, 2.24) is 29.5 Å². The van der Waals surface area contributed by atoms with Gasteiger partial charge in [-0.1, -0.05) is 0 Å². The van der Waals surface area contributed by atoms with Crippen LogP contribution in [0.25, 0.3) is 0 Å². The molecule has 2 aromatic heterocycles. The monoisotopic (exact) mass is 846 g/mol. The molecule has 0 aliphatic heterocycles. The van der Waals surface area contributed by atoms with Gasteiger partial charge >= 0.3 is 11.9 Å². The molecule has 62 heavy (non-hydrogen) atoms. The average molecular weight is 847 g/mol. The minimum Gasteiger partial charge on any atom is -0.507 e. The van der Waals surface area contributed by atoms with Crippen LogP contribution in [0.4, 0.5) is 0 Å². The summed E-state index contributed by atoms with van der Waals surface area (Å²) in [6.07, 6.45) is 3.02. The number of hydrogen-bond donors (Lipinski definition) is 4. The van der Waals surface area contributed by atoms with Crippen LogP contribution in [0, 0.1) is 0 Å². The van der Waals surface area contributed by atoms with E-state index in [0.29, 0.717) is 67.1 Å². The van der Waals surface area contributed by atoms with E-state index in [4.69, 9.17) is 18.9 Å². The molecule has 4 aromatic carbocycles. The molecule has 0 spiro atoms. The second kappa shape index (κ2) is 16.7. The van der Waals surface area contributed by atoms with Crippen molar-refractivity contribution in [3.8, 4) is 34.5 Å². The van der Waals surface area contributed by atoms with Gasteiger partial charge in [0.05, 0.1) is 27.3 Å². The number of phenols is 4. The fourth-order valence-corrected chi connectivity index (χ4v) is 7.51. The van der Waals surface area contributed by atoms with Crippen molar-refractivity contribution in [2.75, 3.05) is 14.2 Å². The number of hydrogen-bond acceptors (Lipinski definition) is 14. The van der Waals surface area contributed by atoms with Crippen molar-refractivity contribution in [3.63, 3.8) is 0 Å². The zero-order chi connectivity index (χ0) is 44.7. The number of nitrogens with zero attached hydrogens (tertiary/aromatic N) is 6. The van der Waals surface area contributed by atoms with Crippen LogP contribution in [0.3, 0.4) is 0 Å². The topological polar surface area (TPSA) is 213 Å². The first kappa shape index (κ1) is 43.0. The fraction of sp³-hybridized carbons (Fsp3) is 0.348. The summed E-state index contributed by atoms with van der Waals surface area (Å²) in [5.74, 6) is -0.846. The predicted octanol–water partition coefficient (Wildman–Crippen LogP) is 6.39. The van der Waals surface area contributed by atoms with Crippen LogP contribution in [0.15, 0.2) is 61.2 Å². The number of carbonyl (C=O) groups is 2. The molecule has 0 saturated carbocycles. The van der Waals surface area contributed by atoms with Crippen molar-refractivity contribution in [2.45, 2.75) is 91.5 Å². The number of ether oxygens (including phenoxy) is 4. The van der Waals surface area contributed by atoms with E-state index in [1.54, 1.807) is 48.5 Å². The van der Waals surface area contributed by atoms with Crippen molar-refractivity contribution < 1.29 is 49.0 Å². The van der Waals surface area contributed by atoms with Crippen molar-refractivity contribution in [3.05, 3.63) is 128 Å². The minimum atomic E-state index is -0.684. The SMILES string of the molecule is COC(=O)c1ncn(Cc2cc3c(O)c(c2)Cc2cc(OC(C)(C)C)cc(c2O)Cc2cc(Cn4cnc(C(=O)OC)n4)cc(c2O)Cc2cc(OC(C)(C)C)cc(c2O)C3)n1. The summed E-state index contributed by atoms with van der Waals surface area (Å²) in [4.78, 5) is 32.5. The van der Waals surface area contributed by atoms with E-state index in [1.165, 1.54) is 36.2 Å². The Hall–Kier alpha value is -7.10. The van der Waals surface area contributed by atoms with Gasteiger partial charge in [-0.05, 0) is 123 Å². The molecule has 4 N–H and O–H groups in total. The van der Waals surface area contributed by atoms with Gasteiger partial charge in [-0.3, -0.25) is 0 Å². The second-order valence-electron chi connectivity index (χ2n) is 17.4. The summed E-state index contributed by atoms with van der Waals surface area (Å²) < 4.78 is 25.2. The highest BCUT2D eigenvalue weighted by atomic mass is 16.5. The number of esters is 2. The summed E-state index contributed by atoms with van der Waals surface area (Å²) >= 11 is 0. The Morgan fingerprint density at radius 2 is 0.790 bits per heavy atom. The number of rotatable bonds is 8. The van der Waals surface area contributed by atoms with E-state index < -0.39 is 23.1 Å². The second-order valence-corrected chi connectivity index (χ2v) is 17.4. The number of phenolic OH excluding ortho intramolecular Hbond substituents is 4. The molecule has 16 nitrogen and oxygen atoms in total. The predicted molar refractivity (Wildman–Crippen MR) is 225 cm³/mol. The highest BCUT2D eigenvalue weighted by Gasteiger charge is 2.25. The van der Waals surface area contributed by atoms with Gasteiger partial charge in [0.25, 0.3) is 11.6 Å². The molecule has 0 unspecified atom stereocenters. The van der Waals surface area contributed by atoms with Crippen LogP contribution >= 0.6 is 0 Å². The van der Waals surface area contributed by atoms with Gasteiger partial charge in [-0.2, -0.15) is 0 Å². The molecular formula is C46H50N6O10. The lowest BCUT2D eigenvalue weighted by Crippen LogP contribution is -2.23. The maximum absolute atomic E-state index is 12.2. The molecule has 16 heteroatoms. The summed E-state index contributed by atoms with van der Waals surface area (Å²) in [6, 6.07) is 14.1. The van der Waals surface area contributed by atoms with E-state index in [-0.39, 0.29) is 73.4 Å².